The number of carboxylic acids is 1. The van der Waals surface area contributed by atoms with Gasteiger partial charge in [-0.05, 0) is 6.42 Å². The summed E-state index contributed by atoms with van der Waals surface area (Å²) in [5, 5.41) is 15.0. The lowest BCUT2D eigenvalue weighted by atomic mass is 10.2. The van der Waals surface area contributed by atoms with E-state index in [2.05, 4.69) is 10.3 Å². The van der Waals surface area contributed by atoms with Gasteiger partial charge in [-0.3, -0.25) is 4.79 Å². The first-order valence-electron chi connectivity index (χ1n) is 6.66. The van der Waals surface area contributed by atoms with Gasteiger partial charge in [-0.25, -0.2) is 4.98 Å². The van der Waals surface area contributed by atoms with Crippen molar-refractivity contribution < 1.29 is 9.90 Å². The molecule has 1 aromatic carbocycles. The fourth-order valence-electron chi connectivity index (χ4n) is 1.93. The lowest BCUT2D eigenvalue weighted by Gasteiger charge is -2.10. The number of aliphatic carboxylic acids is 1. The average molecular weight is 290 g/mol. The minimum absolute atomic E-state index is 0.469. The number of carboxylic acid groups (broad SMARTS) is 1. The summed E-state index contributed by atoms with van der Waals surface area (Å²) in [6, 6.07) is 9.58. The third kappa shape index (κ3) is 3.88. The van der Waals surface area contributed by atoms with E-state index in [1.807, 2.05) is 42.6 Å². The molecule has 0 saturated heterocycles. The Morgan fingerprint density at radius 2 is 2.15 bits per heavy atom. The maximum absolute atomic E-state index is 10.9. The van der Waals surface area contributed by atoms with Crippen LogP contribution in [0.25, 0.3) is 11.3 Å². The highest BCUT2D eigenvalue weighted by molar-refractivity contribution is 7.09. The average Bonchev–Trinajstić information content (AvgIpc) is 2.93. The van der Waals surface area contributed by atoms with Crippen molar-refractivity contribution in [2.24, 2.45) is 0 Å². The quantitative estimate of drug-likeness (QED) is 0.823. The molecule has 20 heavy (non-hydrogen) atoms. The van der Waals surface area contributed by atoms with E-state index in [9.17, 15) is 4.79 Å². The van der Waals surface area contributed by atoms with Crippen LogP contribution in [0.15, 0.2) is 35.7 Å². The molecule has 0 saturated carbocycles. The Labute approximate surface area is 122 Å². The molecular formula is C15H18N2O2S. The van der Waals surface area contributed by atoms with Crippen LogP contribution >= 0.6 is 11.3 Å². The Hall–Kier alpha value is -1.72. The predicted octanol–water partition coefficient (Wildman–Crippen LogP) is 2.81. The molecule has 0 amide bonds. The Morgan fingerprint density at radius 3 is 2.80 bits per heavy atom. The Morgan fingerprint density at radius 1 is 1.40 bits per heavy atom. The minimum Gasteiger partial charge on any atom is -0.480 e. The highest BCUT2D eigenvalue weighted by Crippen LogP contribution is 2.21. The van der Waals surface area contributed by atoms with E-state index in [-0.39, 0.29) is 0 Å². The molecule has 0 aliphatic heterocycles. The molecule has 0 fully saturated rings. The number of hydrogen-bond acceptors (Lipinski definition) is 4. The zero-order chi connectivity index (χ0) is 14.4. The summed E-state index contributed by atoms with van der Waals surface area (Å²) in [5.41, 5.74) is 2.09. The van der Waals surface area contributed by atoms with E-state index >= 15 is 0 Å². The van der Waals surface area contributed by atoms with Gasteiger partial charge in [-0.2, -0.15) is 0 Å². The standard InChI is InChI=1S/C15H18N2O2S/c1-2-12(15(18)19)16-9-8-14-17-13(10-20-14)11-6-4-3-5-7-11/h3-7,10,12,16H,2,8-9H2,1H3,(H,18,19). The molecule has 1 aromatic heterocycles. The number of nitrogens with zero attached hydrogens (tertiary/aromatic N) is 1. The van der Waals surface area contributed by atoms with Gasteiger partial charge < -0.3 is 10.4 Å². The van der Waals surface area contributed by atoms with Crippen molar-refractivity contribution in [3.05, 3.63) is 40.7 Å². The second-order valence-corrected chi connectivity index (χ2v) is 5.44. The van der Waals surface area contributed by atoms with Crippen LogP contribution in [0.1, 0.15) is 18.4 Å². The van der Waals surface area contributed by atoms with Crippen molar-refractivity contribution in [3.63, 3.8) is 0 Å². The molecular weight excluding hydrogens is 272 g/mol. The van der Waals surface area contributed by atoms with Crippen LogP contribution in [-0.4, -0.2) is 28.6 Å². The Bertz CT molecular complexity index is 554. The topological polar surface area (TPSA) is 62.2 Å². The van der Waals surface area contributed by atoms with Crippen molar-refractivity contribution >= 4 is 17.3 Å². The molecule has 2 rings (SSSR count). The first kappa shape index (κ1) is 14.7. The third-order valence-corrected chi connectivity index (χ3v) is 3.97. The van der Waals surface area contributed by atoms with E-state index in [1.54, 1.807) is 11.3 Å². The molecule has 0 bridgehead atoms. The van der Waals surface area contributed by atoms with E-state index in [0.717, 1.165) is 22.7 Å². The van der Waals surface area contributed by atoms with E-state index in [4.69, 9.17) is 5.11 Å². The van der Waals surface area contributed by atoms with Crippen molar-refractivity contribution in [2.75, 3.05) is 6.54 Å². The zero-order valence-electron chi connectivity index (χ0n) is 11.4. The highest BCUT2D eigenvalue weighted by Gasteiger charge is 2.13. The summed E-state index contributed by atoms with van der Waals surface area (Å²) in [7, 11) is 0. The molecule has 106 valence electrons. The van der Waals surface area contributed by atoms with Crippen molar-refractivity contribution in [1.29, 1.82) is 0 Å². The number of benzene rings is 1. The van der Waals surface area contributed by atoms with Gasteiger partial charge in [-0.1, -0.05) is 37.3 Å². The van der Waals surface area contributed by atoms with Crippen molar-refractivity contribution in [2.45, 2.75) is 25.8 Å². The number of thiazole rings is 1. The molecule has 0 aliphatic rings. The summed E-state index contributed by atoms with van der Waals surface area (Å²) >= 11 is 1.61. The summed E-state index contributed by atoms with van der Waals surface area (Å²) in [6.45, 7) is 2.50. The highest BCUT2D eigenvalue weighted by atomic mass is 32.1. The van der Waals surface area contributed by atoms with E-state index in [1.165, 1.54) is 0 Å². The number of hydrogen-bond donors (Lipinski definition) is 2. The molecule has 0 aliphatic carbocycles. The van der Waals surface area contributed by atoms with Crippen molar-refractivity contribution in [1.82, 2.24) is 10.3 Å². The fourth-order valence-corrected chi connectivity index (χ4v) is 2.73. The lowest BCUT2D eigenvalue weighted by molar-refractivity contribution is -0.139. The summed E-state index contributed by atoms with van der Waals surface area (Å²) in [4.78, 5) is 15.5. The largest absolute Gasteiger partial charge is 0.480 e. The lowest BCUT2D eigenvalue weighted by Crippen LogP contribution is -2.37. The molecule has 2 aromatic rings. The second kappa shape index (κ2) is 7.17. The molecule has 1 heterocycles. The molecule has 1 atom stereocenters. The van der Waals surface area contributed by atoms with Gasteiger partial charge in [-0.15, -0.1) is 11.3 Å². The van der Waals surface area contributed by atoms with Crippen LogP contribution in [0, 0.1) is 0 Å². The van der Waals surface area contributed by atoms with Gasteiger partial charge >= 0.3 is 5.97 Å². The van der Waals surface area contributed by atoms with Crippen LogP contribution < -0.4 is 5.32 Å². The molecule has 2 N–H and O–H groups in total. The first-order chi connectivity index (χ1) is 9.70. The van der Waals surface area contributed by atoms with Gasteiger partial charge in [0.2, 0.25) is 0 Å². The second-order valence-electron chi connectivity index (χ2n) is 4.50. The summed E-state index contributed by atoms with van der Waals surface area (Å²) < 4.78 is 0. The molecule has 0 spiro atoms. The zero-order valence-corrected chi connectivity index (χ0v) is 12.2. The maximum Gasteiger partial charge on any atom is 0.320 e. The number of nitrogens with one attached hydrogen (secondary N) is 1. The van der Waals surface area contributed by atoms with Crippen LogP contribution in [0.3, 0.4) is 0 Å². The van der Waals surface area contributed by atoms with Gasteiger partial charge in [0, 0.05) is 23.9 Å². The smallest absolute Gasteiger partial charge is 0.320 e. The van der Waals surface area contributed by atoms with Gasteiger partial charge in [0.25, 0.3) is 0 Å². The van der Waals surface area contributed by atoms with Crippen LogP contribution in [0.2, 0.25) is 0 Å². The molecule has 1 unspecified atom stereocenters. The van der Waals surface area contributed by atoms with Gasteiger partial charge in [0.15, 0.2) is 0 Å². The predicted molar refractivity (Wildman–Crippen MR) is 81.0 cm³/mol. The number of carbonyl (C=O) groups is 1. The Balaban J connectivity index is 1.89. The molecule has 0 radical (unpaired) electrons. The summed E-state index contributed by atoms with van der Waals surface area (Å²) in [5.74, 6) is -0.795. The van der Waals surface area contributed by atoms with Gasteiger partial charge in [0.1, 0.15) is 6.04 Å². The van der Waals surface area contributed by atoms with Crippen LogP contribution in [0.5, 0.6) is 0 Å². The number of aromatic nitrogens is 1. The maximum atomic E-state index is 10.9. The molecule has 5 heteroatoms. The summed E-state index contributed by atoms with van der Waals surface area (Å²) in [6.07, 6.45) is 1.34. The van der Waals surface area contributed by atoms with E-state index < -0.39 is 12.0 Å². The SMILES string of the molecule is CCC(NCCc1nc(-c2ccccc2)cs1)C(=O)O. The third-order valence-electron chi connectivity index (χ3n) is 3.06. The van der Waals surface area contributed by atoms with Crippen molar-refractivity contribution in [3.8, 4) is 11.3 Å². The Kier molecular flexibility index (Phi) is 5.26. The monoisotopic (exact) mass is 290 g/mol. The number of rotatable bonds is 7. The van der Waals surface area contributed by atoms with Crippen LogP contribution in [-0.2, 0) is 11.2 Å². The molecule has 4 nitrogen and oxygen atoms in total. The van der Waals surface area contributed by atoms with Crippen LogP contribution in [0.4, 0.5) is 0 Å². The van der Waals surface area contributed by atoms with Gasteiger partial charge in [0.05, 0.1) is 10.7 Å². The first-order valence-corrected chi connectivity index (χ1v) is 7.54. The normalized spacial score (nSPS) is 12.2. The van der Waals surface area contributed by atoms with E-state index in [0.29, 0.717) is 13.0 Å². The fraction of sp³-hybridized carbons (Fsp3) is 0.333. The minimum atomic E-state index is -0.795.